The molecule has 82 valence electrons. The molecule has 0 aliphatic carbocycles. The number of nitrogens with one attached hydrogen (secondary N) is 1. The van der Waals surface area contributed by atoms with E-state index >= 15 is 0 Å². The SMILES string of the molecule is O=C1COc2cc(C(=O)C(=O)O)ccc2N1. The fourth-order valence-corrected chi connectivity index (χ4v) is 1.34. The Labute approximate surface area is 89.8 Å². The van der Waals surface area contributed by atoms with E-state index in [2.05, 4.69) is 5.32 Å². The van der Waals surface area contributed by atoms with Gasteiger partial charge in [0, 0.05) is 5.56 Å². The smallest absolute Gasteiger partial charge is 0.377 e. The highest BCUT2D eigenvalue weighted by molar-refractivity contribution is 6.40. The first-order valence-electron chi connectivity index (χ1n) is 4.42. The highest BCUT2D eigenvalue weighted by atomic mass is 16.5. The van der Waals surface area contributed by atoms with E-state index in [1.807, 2.05) is 0 Å². The molecule has 0 saturated heterocycles. The molecule has 2 rings (SSSR count). The fourth-order valence-electron chi connectivity index (χ4n) is 1.34. The lowest BCUT2D eigenvalue weighted by molar-refractivity contribution is -0.131. The number of rotatable bonds is 2. The van der Waals surface area contributed by atoms with Gasteiger partial charge in [-0.15, -0.1) is 0 Å². The number of carboxylic acids is 1. The average Bonchev–Trinajstić information content (AvgIpc) is 2.27. The van der Waals surface area contributed by atoms with Gasteiger partial charge in [0.15, 0.2) is 6.61 Å². The molecule has 1 heterocycles. The minimum absolute atomic E-state index is 0.0161. The van der Waals surface area contributed by atoms with E-state index in [0.29, 0.717) is 11.4 Å². The van der Waals surface area contributed by atoms with Crippen LogP contribution in [0, 0.1) is 0 Å². The Kier molecular flexibility index (Phi) is 2.32. The van der Waals surface area contributed by atoms with Crippen LogP contribution in [0.2, 0.25) is 0 Å². The van der Waals surface area contributed by atoms with Gasteiger partial charge < -0.3 is 15.2 Å². The van der Waals surface area contributed by atoms with Crippen LogP contribution in [-0.4, -0.2) is 29.4 Å². The van der Waals surface area contributed by atoms with Crippen molar-refractivity contribution in [3.63, 3.8) is 0 Å². The number of benzene rings is 1. The first-order valence-corrected chi connectivity index (χ1v) is 4.42. The summed E-state index contributed by atoms with van der Waals surface area (Å²) < 4.78 is 5.05. The Morgan fingerprint density at radius 1 is 1.38 bits per heavy atom. The summed E-state index contributed by atoms with van der Waals surface area (Å²) in [6.45, 7) is -0.141. The standard InChI is InChI=1S/C10H7NO5/c12-8-4-16-7-3-5(9(13)10(14)15)1-2-6(7)11-8/h1-3H,4H2,(H,11,12)(H,14,15). The van der Waals surface area contributed by atoms with Gasteiger partial charge in [0.1, 0.15) is 5.75 Å². The molecule has 1 aliphatic rings. The lowest BCUT2D eigenvalue weighted by Gasteiger charge is -2.17. The summed E-state index contributed by atoms with van der Waals surface area (Å²) in [6.07, 6.45) is 0. The molecule has 2 N–H and O–H groups in total. The van der Waals surface area contributed by atoms with Gasteiger partial charge in [-0.05, 0) is 18.2 Å². The molecule has 16 heavy (non-hydrogen) atoms. The molecule has 0 atom stereocenters. The number of hydrogen-bond donors (Lipinski definition) is 2. The van der Waals surface area contributed by atoms with Gasteiger partial charge in [0.2, 0.25) is 0 Å². The molecule has 0 spiro atoms. The quantitative estimate of drug-likeness (QED) is 0.552. The van der Waals surface area contributed by atoms with E-state index < -0.39 is 11.8 Å². The van der Waals surface area contributed by atoms with Crippen LogP contribution >= 0.6 is 0 Å². The summed E-state index contributed by atoms with van der Waals surface area (Å²) in [6, 6.07) is 4.05. The van der Waals surface area contributed by atoms with Crippen molar-refractivity contribution >= 4 is 23.3 Å². The van der Waals surface area contributed by atoms with Crippen LogP contribution in [0.1, 0.15) is 10.4 Å². The molecule has 0 saturated carbocycles. The largest absolute Gasteiger partial charge is 0.482 e. The maximum atomic E-state index is 11.2. The number of carbonyl (C=O) groups excluding carboxylic acids is 2. The molecule has 1 aromatic rings. The molecule has 0 unspecified atom stereocenters. The van der Waals surface area contributed by atoms with Crippen molar-refractivity contribution in [2.24, 2.45) is 0 Å². The maximum Gasteiger partial charge on any atom is 0.377 e. The zero-order chi connectivity index (χ0) is 11.7. The molecule has 6 heteroatoms. The second-order valence-corrected chi connectivity index (χ2v) is 3.18. The van der Waals surface area contributed by atoms with Crippen LogP contribution in [-0.2, 0) is 9.59 Å². The zero-order valence-electron chi connectivity index (χ0n) is 8.02. The molecule has 1 aromatic carbocycles. The summed E-state index contributed by atoms with van der Waals surface area (Å²) in [5, 5.41) is 11.1. The molecular weight excluding hydrogens is 214 g/mol. The lowest BCUT2D eigenvalue weighted by Crippen LogP contribution is -2.25. The predicted octanol–water partition coefficient (Wildman–Crippen LogP) is 0.285. The van der Waals surface area contributed by atoms with Gasteiger partial charge in [-0.2, -0.15) is 0 Å². The lowest BCUT2D eigenvalue weighted by atomic mass is 10.1. The molecular formula is C10H7NO5. The Bertz CT molecular complexity index is 494. The second kappa shape index (κ2) is 3.65. The Balaban J connectivity index is 2.36. The Hall–Kier alpha value is -2.37. The number of hydrogen-bond acceptors (Lipinski definition) is 4. The summed E-state index contributed by atoms with van der Waals surface area (Å²) in [4.78, 5) is 32.6. The van der Waals surface area contributed by atoms with Gasteiger partial charge in [-0.1, -0.05) is 0 Å². The topological polar surface area (TPSA) is 92.7 Å². The third kappa shape index (κ3) is 1.72. The Morgan fingerprint density at radius 2 is 2.12 bits per heavy atom. The van der Waals surface area contributed by atoms with E-state index in [-0.39, 0.29) is 18.1 Å². The molecule has 0 radical (unpaired) electrons. The van der Waals surface area contributed by atoms with E-state index in [0.717, 1.165) is 0 Å². The number of amides is 1. The number of carbonyl (C=O) groups is 3. The van der Waals surface area contributed by atoms with Crippen LogP contribution in [0.15, 0.2) is 18.2 Å². The predicted molar refractivity (Wildman–Crippen MR) is 52.5 cm³/mol. The molecule has 0 bridgehead atoms. The van der Waals surface area contributed by atoms with Crippen molar-refractivity contribution in [3.05, 3.63) is 23.8 Å². The summed E-state index contributed by atoms with van der Waals surface area (Å²) in [5.74, 6) is -2.53. The van der Waals surface area contributed by atoms with E-state index in [1.165, 1.54) is 18.2 Å². The van der Waals surface area contributed by atoms with Crippen LogP contribution in [0.3, 0.4) is 0 Å². The average molecular weight is 221 g/mol. The number of carboxylic acid groups (broad SMARTS) is 1. The first kappa shape index (κ1) is 10.2. The summed E-state index contributed by atoms with van der Waals surface area (Å²) >= 11 is 0. The number of ketones is 1. The Morgan fingerprint density at radius 3 is 2.81 bits per heavy atom. The van der Waals surface area contributed by atoms with Gasteiger partial charge >= 0.3 is 5.97 Å². The number of ether oxygens (including phenoxy) is 1. The summed E-state index contributed by atoms with van der Waals surface area (Å²) in [5.41, 5.74) is 0.445. The number of Topliss-reactive ketones (excluding diaryl/α,β-unsaturated/α-hetero) is 1. The van der Waals surface area contributed by atoms with Crippen molar-refractivity contribution in [1.29, 1.82) is 0 Å². The number of aliphatic carboxylic acids is 1. The minimum atomic E-state index is -1.53. The van der Waals surface area contributed by atoms with Crippen LogP contribution in [0.4, 0.5) is 5.69 Å². The third-order valence-corrected chi connectivity index (χ3v) is 2.07. The number of fused-ring (bicyclic) bond motifs is 1. The molecule has 1 amide bonds. The van der Waals surface area contributed by atoms with Crippen LogP contribution in [0.5, 0.6) is 5.75 Å². The van der Waals surface area contributed by atoms with Gasteiger partial charge in [-0.25, -0.2) is 4.79 Å². The first-order chi connectivity index (χ1) is 7.58. The van der Waals surface area contributed by atoms with Gasteiger partial charge in [-0.3, -0.25) is 9.59 Å². The van der Waals surface area contributed by atoms with E-state index in [1.54, 1.807) is 0 Å². The van der Waals surface area contributed by atoms with Crippen molar-refractivity contribution < 1.29 is 24.2 Å². The fraction of sp³-hybridized carbons (Fsp3) is 0.100. The highest BCUT2D eigenvalue weighted by Gasteiger charge is 2.20. The minimum Gasteiger partial charge on any atom is -0.482 e. The van der Waals surface area contributed by atoms with Crippen molar-refractivity contribution in [1.82, 2.24) is 0 Å². The van der Waals surface area contributed by atoms with E-state index in [4.69, 9.17) is 9.84 Å². The second-order valence-electron chi connectivity index (χ2n) is 3.18. The molecule has 0 fully saturated rings. The van der Waals surface area contributed by atoms with E-state index in [9.17, 15) is 14.4 Å². The summed E-state index contributed by atoms with van der Waals surface area (Å²) in [7, 11) is 0. The normalized spacial score (nSPS) is 13.4. The number of anilines is 1. The third-order valence-electron chi connectivity index (χ3n) is 2.07. The molecule has 1 aliphatic heterocycles. The molecule has 6 nitrogen and oxygen atoms in total. The zero-order valence-corrected chi connectivity index (χ0v) is 8.02. The van der Waals surface area contributed by atoms with Gasteiger partial charge in [0.05, 0.1) is 5.69 Å². The molecule has 0 aromatic heterocycles. The van der Waals surface area contributed by atoms with Gasteiger partial charge in [0.25, 0.3) is 11.7 Å². The van der Waals surface area contributed by atoms with Crippen molar-refractivity contribution in [2.75, 3.05) is 11.9 Å². The van der Waals surface area contributed by atoms with Crippen LogP contribution in [0.25, 0.3) is 0 Å². The highest BCUT2D eigenvalue weighted by Crippen LogP contribution is 2.28. The van der Waals surface area contributed by atoms with Crippen molar-refractivity contribution in [2.45, 2.75) is 0 Å². The monoisotopic (exact) mass is 221 g/mol. The van der Waals surface area contributed by atoms with Crippen molar-refractivity contribution in [3.8, 4) is 5.75 Å². The maximum absolute atomic E-state index is 11.2. The van der Waals surface area contributed by atoms with Crippen LogP contribution < -0.4 is 10.1 Å².